The molecule has 15 heteroatoms. The first-order valence-corrected chi connectivity index (χ1v) is 4.63. The van der Waals surface area contributed by atoms with Crippen molar-refractivity contribution in [2.24, 2.45) is 0 Å². The SMILES string of the molecule is O=C(O)C(O)C(NC(C(=O)O)C(O)C(=O)O)C(=O)O.[Na].[Na].[Na].[Na]. The summed E-state index contributed by atoms with van der Waals surface area (Å²) in [6.45, 7) is 0. The molecule has 11 nitrogen and oxygen atoms in total. The van der Waals surface area contributed by atoms with Gasteiger partial charge in [-0.2, -0.15) is 0 Å². The van der Waals surface area contributed by atoms with Crippen LogP contribution in [0.25, 0.3) is 0 Å². The Bertz CT molecular complexity index is 372. The molecule has 112 valence electrons. The maximum atomic E-state index is 10.7. The number of nitrogens with one attached hydrogen (secondary N) is 1. The number of aliphatic carboxylic acids is 4. The summed E-state index contributed by atoms with van der Waals surface area (Å²) in [5.41, 5.74) is 0. The van der Waals surface area contributed by atoms with E-state index >= 15 is 0 Å². The molecule has 0 aromatic rings. The van der Waals surface area contributed by atoms with Gasteiger partial charge in [-0.15, -0.1) is 0 Å². The predicted molar refractivity (Wildman–Crippen MR) is 76.3 cm³/mol. The Kier molecular flexibility index (Phi) is 26.8. The van der Waals surface area contributed by atoms with E-state index in [2.05, 4.69) is 0 Å². The van der Waals surface area contributed by atoms with Crippen molar-refractivity contribution in [3.8, 4) is 0 Å². The van der Waals surface area contributed by atoms with E-state index in [-0.39, 0.29) is 118 Å². The maximum absolute atomic E-state index is 10.7. The van der Waals surface area contributed by atoms with Gasteiger partial charge in [-0.05, 0) is 0 Å². The summed E-state index contributed by atoms with van der Waals surface area (Å²) in [6.07, 6.45) is -5.05. The fraction of sp³-hybridized carbons (Fsp3) is 0.500. The molecule has 7 N–H and O–H groups in total. The summed E-state index contributed by atoms with van der Waals surface area (Å²) >= 11 is 0. The van der Waals surface area contributed by atoms with E-state index in [1.807, 2.05) is 0 Å². The number of rotatable bonds is 8. The number of aliphatic hydroxyl groups excluding tert-OH is 2. The van der Waals surface area contributed by atoms with Crippen LogP contribution in [0.2, 0.25) is 0 Å². The molecule has 0 amide bonds. The number of carboxylic acid groups (broad SMARTS) is 4. The molecule has 0 aromatic heterocycles. The molecule has 4 atom stereocenters. The van der Waals surface area contributed by atoms with E-state index in [0.29, 0.717) is 0 Å². The smallest absolute Gasteiger partial charge is 0.334 e. The minimum atomic E-state index is -2.53. The first-order valence-electron chi connectivity index (χ1n) is 4.63. The number of hydrogen-bond donors (Lipinski definition) is 7. The fourth-order valence-corrected chi connectivity index (χ4v) is 1.07. The Morgan fingerprint density at radius 2 is 0.783 bits per heavy atom. The van der Waals surface area contributed by atoms with Crippen LogP contribution in [-0.2, 0) is 19.2 Å². The van der Waals surface area contributed by atoms with Crippen LogP contribution in [0.15, 0.2) is 0 Å². The largest absolute Gasteiger partial charge is 0.480 e. The van der Waals surface area contributed by atoms with Crippen molar-refractivity contribution in [2.75, 3.05) is 0 Å². The van der Waals surface area contributed by atoms with Gasteiger partial charge in [0.05, 0.1) is 0 Å². The van der Waals surface area contributed by atoms with Crippen molar-refractivity contribution >= 4 is 142 Å². The molecule has 0 rings (SSSR count). The number of carboxylic acids is 4. The van der Waals surface area contributed by atoms with Crippen LogP contribution in [0.3, 0.4) is 0 Å². The van der Waals surface area contributed by atoms with Gasteiger partial charge >= 0.3 is 23.9 Å². The molecule has 0 saturated heterocycles. The summed E-state index contributed by atoms with van der Waals surface area (Å²) < 4.78 is 0. The summed E-state index contributed by atoms with van der Waals surface area (Å²) in [5.74, 6) is -7.79. The van der Waals surface area contributed by atoms with E-state index < -0.39 is 48.2 Å². The Morgan fingerprint density at radius 1 is 0.565 bits per heavy atom. The molecule has 0 saturated carbocycles. The molecule has 0 aliphatic carbocycles. The van der Waals surface area contributed by atoms with E-state index in [0.717, 1.165) is 0 Å². The van der Waals surface area contributed by atoms with E-state index in [4.69, 9.17) is 30.6 Å². The first-order chi connectivity index (χ1) is 8.59. The van der Waals surface area contributed by atoms with Gasteiger partial charge in [0.2, 0.25) is 0 Å². The van der Waals surface area contributed by atoms with Crippen LogP contribution < -0.4 is 5.32 Å². The van der Waals surface area contributed by atoms with Crippen molar-refractivity contribution in [2.45, 2.75) is 24.3 Å². The van der Waals surface area contributed by atoms with Gasteiger partial charge in [-0.25, -0.2) is 9.59 Å². The second-order valence-electron chi connectivity index (χ2n) is 3.36. The molecule has 0 fully saturated rings. The minimum Gasteiger partial charge on any atom is -0.480 e. The third-order valence-corrected chi connectivity index (χ3v) is 2.03. The molecular formula is C8H11NNa4O10. The number of carbonyl (C=O) groups is 4. The van der Waals surface area contributed by atoms with Gasteiger partial charge in [0.15, 0.2) is 12.2 Å². The molecule has 0 aliphatic rings. The third kappa shape index (κ3) is 12.7. The molecule has 23 heavy (non-hydrogen) atoms. The van der Waals surface area contributed by atoms with Crippen LogP contribution in [0.5, 0.6) is 0 Å². The Labute approximate surface area is 218 Å². The summed E-state index contributed by atoms with van der Waals surface area (Å²) in [5, 5.41) is 53.8. The standard InChI is InChI=1S/C8H11NO10.4Na/c10-3(7(16)17)1(5(12)13)9-2(6(14)15)4(11)8(18)19;;;;/h1-4,9-11H,(H,12,13)(H,14,15)(H,16,17)(H,18,19);;;;. The van der Waals surface area contributed by atoms with Crippen molar-refractivity contribution in [3.05, 3.63) is 0 Å². The average molecular weight is 373 g/mol. The van der Waals surface area contributed by atoms with Gasteiger partial charge in [-0.1, -0.05) is 0 Å². The van der Waals surface area contributed by atoms with Gasteiger partial charge in [0, 0.05) is 118 Å². The molecule has 4 radical (unpaired) electrons. The zero-order valence-electron chi connectivity index (χ0n) is 13.1. The number of hydrogen-bond acceptors (Lipinski definition) is 7. The quantitative estimate of drug-likeness (QED) is 0.201. The van der Waals surface area contributed by atoms with E-state index in [9.17, 15) is 19.2 Å². The van der Waals surface area contributed by atoms with E-state index in [1.165, 1.54) is 0 Å². The van der Waals surface area contributed by atoms with Crippen LogP contribution >= 0.6 is 0 Å². The van der Waals surface area contributed by atoms with Gasteiger partial charge < -0.3 is 30.6 Å². The first kappa shape index (κ1) is 35.8. The predicted octanol–water partition coefficient (Wildman–Crippen LogP) is -5.15. The van der Waals surface area contributed by atoms with Crippen LogP contribution in [0.4, 0.5) is 0 Å². The summed E-state index contributed by atoms with van der Waals surface area (Å²) in [4.78, 5) is 42.2. The number of aliphatic hydroxyl groups is 2. The fourth-order valence-electron chi connectivity index (χ4n) is 1.07. The Morgan fingerprint density at radius 3 is 0.913 bits per heavy atom. The summed E-state index contributed by atoms with van der Waals surface area (Å²) in [7, 11) is 0. The normalized spacial score (nSPS) is 14.0. The molecule has 0 bridgehead atoms. The zero-order chi connectivity index (χ0) is 15.3. The van der Waals surface area contributed by atoms with Crippen molar-refractivity contribution in [1.82, 2.24) is 5.32 Å². The molecule has 0 aromatic carbocycles. The van der Waals surface area contributed by atoms with Crippen molar-refractivity contribution < 1.29 is 49.8 Å². The third-order valence-electron chi connectivity index (χ3n) is 2.03. The maximum Gasteiger partial charge on any atom is 0.334 e. The van der Waals surface area contributed by atoms with Gasteiger partial charge in [-0.3, -0.25) is 14.9 Å². The molecular weight excluding hydrogens is 362 g/mol. The molecule has 0 spiro atoms. The topological polar surface area (TPSA) is 202 Å². The van der Waals surface area contributed by atoms with E-state index in [1.54, 1.807) is 5.32 Å². The Hall–Kier alpha value is 1.76. The summed E-state index contributed by atoms with van der Waals surface area (Å²) in [6, 6.07) is -4.62. The average Bonchev–Trinajstić information content (AvgIpc) is 2.27. The van der Waals surface area contributed by atoms with Crippen LogP contribution in [-0.4, -0.2) is 197 Å². The van der Waals surface area contributed by atoms with Crippen molar-refractivity contribution in [1.29, 1.82) is 0 Å². The second kappa shape index (κ2) is 17.2. The van der Waals surface area contributed by atoms with Crippen LogP contribution in [0, 0.1) is 0 Å². The molecule has 0 aliphatic heterocycles. The Balaban J connectivity index is -0.000000270. The molecule has 4 unspecified atom stereocenters. The van der Waals surface area contributed by atoms with Gasteiger partial charge in [0.1, 0.15) is 12.1 Å². The minimum absolute atomic E-state index is 0. The molecule has 0 heterocycles. The monoisotopic (exact) mass is 373 g/mol. The zero-order valence-corrected chi connectivity index (χ0v) is 21.1. The van der Waals surface area contributed by atoms with Gasteiger partial charge in [0.25, 0.3) is 0 Å². The van der Waals surface area contributed by atoms with Crippen LogP contribution in [0.1, 0.15) is 0 Å². The second-order valence-corrected chi connectivity index (χ2v) is 3.36. The van der Waals surface area contributed by atoms with Crippen molar-refractivity contribution in [3.63, 3.8) is 0 Å².